The summed E-state index contributed by atoms with van der Waals surface area (Å²) in [6, 6.07) is 5.59. The zero-order chi connectivity index (χ0) is 13.8. The zero-order valence-corrected chi connectivity index (χ0v) is 12.5. The molecular weight excluding hydrogens is 328 g/mol. The van der Waals surface area contributed by atoms with Crippen molar-refractivity contribution < 1.29 is 4.74 Å². The highest BCUT2D eigenvalue weighted by Gasteiger charge is 2.11. The smallest absolute Gasteiger partial charge is 0.159 e. The molecule has 0 unspecified atom stereocenters. The quantitative estimate of drug-likeness (QED) is 0.835. The summed E-state index contributed by atoms with van der Waals surface area (Å²) in [6.45, 7) is 0. The molecule has 0 spiro atoms. The van der Waals surface area contributed by atoms with Crippen LogP contribution in [0.5, 0.6) is 5.75 Å². The van der Waals surface area contributed by atoms with Gasteiger partial charge in [0.15, 0.2) is 5.82 Å². The maximum absolute atomic E-state index is 5.62. The first-order valence-electron chi connectivity index (χ1n) is 5.33. The molecular formula is C12H11BrN4OS. The molecule has 0 amide bonds. The molecule has 7 heteroatoms. The lowest BCUT2D eigenvalue weighted by Gasteiger charge is -2.12. The van der Waals surface area contributed by atoms with Crippen molar-refractivity contribution in [3.05, 3.63) is 40.8 Å². The Labute approximate surface area is 124 Å². The van der Waals surface area contributed by atoms with Crippen LogP contribution in [0.1, 0.15) is 5.69 Å². The van der Waals surface area contributed by atoms with E-state index in [9.17, 15) is 0 Å². The Hall–Kier alpha value is -1.73. The first kappa shape index (κ1) is 13.7. The molecule has 98 valence electrons. The number of hydrogen-bond acceptors (Lipinski definition) is 5. The molecule has 0 aliphatic carbocycles. The van der Waals surface area contributed by atoms with Crippen LogP contribution in [0.15, 0.2) is 35.1 Å². The van der Waals surface area contributed by atoms with E-state index in [0.717, 1.165) is 10.2 Å². The maximum atomic E-state index is 5.62. The maximum Gasteiger partial charge on any atom is 0.159 e. The molecule has 0 saturated carbocycles. The highest BCUT2D eigenvalue weighted by atomic mass is 79.9. The summed E-state index contributed by atoms with van der Waals surface area (Å²) in [6.07, 6.45) is 3.10. The van der Waals surface area contributed by atoms with E-state index in [1.165, 1.54) is 6.20 Å². The van der Waals surface area contributed by atoms with E-state index in [0.29, 0.717) is 17.3 Å². The number of nitrogens with zero attached hydrogens (tertiary/aromatic N) is 2. The fourth-order valence-corrected chi connectivity index (χ4v) is 2.03. The van der Waals surface area contributed by atoms with Gasteiger partial charge in [-0.05, 0) is 18.2 Å². The van der Waals surface area contributed by atoms with Crippen LogP contribution < -0.4 is 15.8 Å². The number of methoxy groups -OCH3 is 1. The van der Waals surface area contributed by atoms with Crippen molar-refractivity contribution in [1.82, 2.24) is 9.97 Å². The van der Waals surface area contributed by atoms with Crippen LogP contribution in [0, 0.1) is 0 Å². The number of anilines is 2. The third kappa shape index (κ3) is 3.18. The normalized spacial score (nSPS) is 10.0. The van der Waals surface area contributed by atoms with E-state index in [-0.39, 0.29) is 4.99 Å². The van der Waals surface area contributed by atoms with Gasteiger partial charge in [0.25, 0.3) is 0 Å². The van der Waals surface area contributed by atoms with Gasteiger partial charge in [0.2, 0.25) is 0 Å². The van der Waals surface area contributed by atoms with Gasteiger partial charge in [0.05, 0.1) is 12.8 Å². The standard InChI is InChI=1S/C12H11BrN4OS/c1-18-9-3-2-7(13)6-8(9)17-12-10(11(14)19)15-4-5-16-12/h2-6H,1H3,(H2,14,19)(H,16,17). The molecule has 0 fully saturated rings. The molecule has 0 saturated heterocycles. The Morgan fingerprint density at radius 1 is 1.37 bits per heavy atom. The van der Waals surface area contributed by atoms with Crippen LogP contribution in [-0.2, 0) is 0 Å². The summed E-state index contributed by atoms with van der Waals surface area (Å²) >= 11 is 8.35. The lowest BCUT2D eigenvalue weighted by atomic mass is 10.3. The van der Waals surface area contributed by atoms with E-state index < -0.39 is 0 Å². The van der Waals surface area contributed by atoms with Crippen LogP contribution >= 0.6 is 28.1 Å². The number of ether oxygens (including phenoxy) is 1. The molecule has 0 aliphatic heterocycles. The summed E-state index contributed by atoms with van der Waals surface area (Å²) < 4.78 is 6.19. The van der Waals surface area contributed by atoms with Gasteiger partial charge >= 0.3 is 0 Å². The Kier molecular flexibility index (Phi) is 4.28. The predicted molar refractivity (Wildman–Crippen MR) is 81.9 cm³/mol. The number of nitrogens with one attached hydrogen (secondary N) is 1. The van der Waals surface area contributed by atoms with Gasteiger partial charge in [-0.1, -0.05) is 28.1 Å². The van der Waals surface area contributed by atoms with Gasteiger partial charge in [0.1, 0.15) is 16.4 Å². The van der Waals surface area contributed by atoms with Crippen molar-refractivity contribution in [2.45, 2.75) is 0 Å². The van der Waals surface area contributed by atoms with Crippen molar-refractivity contribution >= 4 is 44.6 Å². The topological polar surface area (TPSA) is 73.1 Å². The highest BCUT2D eigenvalue weighted by molar-refractivity contribution is 9.10. The monoisotopic (exact) mass is 338 g/mol. The predicted octanol–water partition coefficient (Wildman–Crippen LogP) is 2.63. The molecule has 0 atom stereocenters. The number of benzene rings is 1. The largest absolute Gasteiger partial charge is 0.495 e. The summed E-state index contributed by atoms with van der Waals surface area (Å²) in [4.78, 5) is 8.48. The number of nitrogens with two attached hydrogens (primary N) is 1. The number of hydrogen-bond donors (Lipinski definition) is 2. The van der Waals surface area contributed by atoms with Crippen molar-refractivity contribution in [2.75, 3.05) is 12.4 Å². The first-order valence-corrected chi connectivity index (χ1v) is 6.53. The Morgan fingerprint density at radius 3 is 2.79 bits per heavy atom. The average molecular weight is 339 g/mol. The van der Waals surface area contributed by atoms with Gasteiger partial charge in [-0.3, -0.25) is 0 Å². The zero-order valence-electron chi connectivity index (χ0n) is 10.1. The second-order valence-electron chi connectivity index (χ2n) is 3.59. The molecule has 2 aromatic rings. The van der Waals surface area contributed by atoms with Crippen LogP contribution in [0.3, 0.4) is 0 Å². The molecule has 1 aromatic carbocycles. The second-order valence-corrected chi connectivity index (χ2v) is 4.94. The average Bonchev–Trinajstić information content (AvgIpc) is 2.39. The second kappa shape index (κ2) is 5.94. The third-order valence-corrected chi connectivity index (χ3v) is 3.03. The Morgan fingerprint density at radius 2 is 2.11 bits per heavy atom. The van der Waals surface area contributed by atoms with Crippen molar-refractivity contribution in [3.63, 3.8) is 0 Å². The molecule has 0 aliphatic rings. The van der Waals surface area contributed by atoms with Gasteiger partial charge in [-0.15, -0.1) is 0 Å². The first-order chi connectivity index (χ1) is 9.11. The minimum absolute atomic E-state index is 0.185. The number of halogens is 1. The van der Waals surface area contributed by atoms with E-state index in [2.05, 4.69) is 31.2 Å². The fraction of sp³-hybridized carbons (Fsp3) is 0.0833. The number of rotatable bonds is 4. The van der Waals surface area contributed by atoms with Gasteiger partial charge in [-0.2, -0.15) is 0 Å². The molecule has 0 radical (unpaired) electrons. The molecule has 19 heavy (non-hydrogen) atoms. The van der Waals surface area contributed by atoms with Crippen LogP contribution in [0.2, 0.25) is 0 Å². The third-order valence-electron chi connectivity index (χ3n) is 2.35. The summed E-state index contributed by atoms with van der Waals surface area (Å²) in [5.41, 5.74) is 6.81. The molecule has 1 aromatic heterocycles. The van der Waals surface area contributed by atoms with Crippen LogP contribution in [0.4, 0.5) is 11.5 Å². The Balaban J connectivity index is 2.41. The lowest BCUT2D eigenvalue weighted by Crippen LogP contribution is -2.15. The molecule has 2 rings (SSSR count). The van der Waals surface area contributed by atoms with Gasteiger partial charge in [-0.25, -0.2) is 9.97 Å². The fourth-order valence-electron chi connectivity index (χ4n) is 1.52. The minimum atomic E-state index is 0.185. The summed E-state index contributed by atoms with van der Waals surface area (Å²) in [5.74, 6) is 1.18. The van der Waals surface area contributed by atoms with Crippen LogP contribution in [-0.4, -0.2) is 22.1 Å². The summed E-state index contributed by atoms with van der Waals surface area (Å²) in [7, 11) is 1.60. The molecule has 5 nitrogen and oxygen atoms in total. The number of thiocarbonyl (C=S) groups is 1. The van der Waals surface area contributed by atoms with Crippen molar-refractivity contribution in [3.8, 4) is 5.75 Å². The van der Waals surface area contributed by atoms with Crippen LogP contribution in [0.25, 0.3) is 0 Å². The van der Waals surface area contributed by atoms with Gasteiger partial charge < -0.3 is 15.8 Å². The SMILES string of the molecule is COc1ccc(Br)cc1Nc1nccnc1C(N)=S. The molecule has 3 N–H and O–H groups in total. The van der Waals surface area contributed by atoms with Crippen molar-refractivity contribution in [2.24, 2.45) is 5.73 Å². The van der Waals surface area contributed by atoms with E-state index in [1.54, 1.807) is 13.3 Å². The van der Waals surface area contributed by atoms with Crippen molar-refractivity contribution in [1.29, 1.82) is 0 Å². The van der Waals surface area contributed by atoms with E-state index in [1.807, 2.05) is 18.2 Å². The number of aromatic nitrogens is 2. The summed E-state index contributed by atoms with van der Waals surface area (Å²) in [5, 5.41) is 3.12. The van der Waals surface area contributed by atoms with E-state index in [4.69, 9.17) is 22.7 Å². The van der Waals surface area contributed by atoms with E-state index >= 15 is 0 Å². The van der Waals surface area contributed by atoms with Gasteiger partial charge in [0, 0.05) is 16.9 Å². The minimum Gasteiger partial charge on any atom is -0.495 e. The molecule has 0 bridgehead atoms. The Bertz CT molecular complexity index is 620. The molecule has 1 heterocycles. The highest BCUT2D eigenvalue weighted by Crippen LogP contribution is 2.30. The lowest BCUT2D eigenvalue weighted by molar-refractivity contribution is 0.416.